The SMILES string of the molecule is CC[C@@H](N)c1ccc(Sc2cccc(Br)c2)cn1. The second-order valence-corrected chi connectivity index (χ2v) is 6.06. The van der Waals surface area contributed by atoms with Crippen LogP contribution in [0.1, 0.15) is 25.1 Å². The van der Waals surface area contributed by atoms with Crippen molar-refractivity contribution in [3.63, 3.8) is 0 Å². The molecule has 2 nitrogen and oxygen atoms in total. The van der Waals surface area contributed by atoms with Crippen LogP contribution in [0.3, 0.4) is 0 Å². The highest BCUT2D eigenvalue weighted by Gasteiger charge is 2.05. The predicted molar refractivity (Wildman–Crippen MR) is 79.7 cm³/mol. The van der Waals surface area contributed by atoms with Crippen LogP contribution in [0.15, 0.2) is 56.9 Å². The largest absolute Gasteiger partial charge is 0.323 e. The summed E-state index contributed by atoms with van der Waals surface area (Å²) in [4.78, 5) is 6.73. The Morgan fingerprint density at radius 3 is 2.72 bits per heavy atom. The third-order valence-corrected chi connectivity index (χ3v) is 4.07. The van der Waals surface area contributed by atoms with Crippen molar-refractivity contribution in [2.45, 2.75) is 29.2 Å². The average Bonchev–Trinajstić information content (AvgIpc) is 2.39. The van der Waals surface area contributed by atoms with Crippen molar-refractivity contribution >= 4 is 27.7 Å². The lowest BCUT2D eigenvalue weighted by Crippen LogP contribution is -2.10. The van der Waals surface area contributed by atoms with E-state index in [9.17, 15) is 0 Å². The van der Waals surface area contributed by atoms with E-state index in [1.54, 1.807) is 11.8 Å². The molecule has 4 heteroatoms. The Bertz CT molecular complexity index is 513. The van der Waals surface area contributed by atoms with E-state index in [0.29, 0.717) is 0 Å². The molecule has 0 aliphatic heterocycles. The topological polar surface area (TPSA) is 38.9 Å². The highest BCUT2D eigenvalue weighted by molar-refractivity contribution is 9.10. The van der Waals surface area contributed by atoms with Gasteiger partial charge in [-0.15, -0.1) is 0 Å². The molecule has 1 heterocycles. The number of halogens is 1. The van der Waals surface area contributed by atoms with Gasteiger partial charge in [-0.3, -0.25) is 4.98 Å². The second-order valence-electron chi connectivity index (χ2n) is 3.99. The molecular formula is C14H15BrN2S. The van der Waals surface area contributed by atoms with Crippen molar-refractivity contribution in [3.05, 3.63) is 52.8 Å². The number of hydrogen-bond donors (Lipinski definition) is 1. The van der Waals surface area contributed by atoms with Gasteiger partial charge in [0.1, 0.15) is 0 Å². The lowest BCUT2D eigenvalue weighted by molar-refractivity contribution is 0.674. The summed E-state index contributed by atoms with van der Waals surface area (Å²) < 4.78 is 1.09. The van der Waals surface area contributed by atoms with Crippen molar-refractivity contribution in [2.24, 2.45) is 5.73 Å². The average molecular weight is 323 g/mol. The number of benzene rings is 1. The van der Waals surface area contributed by atoms with E-state index >= 15 is 0 Å². The van der Waals surface area contributed by atoms with Gasteiger partial charge in [-0.1, -0.05) is 40.7 Å². The van der Waals surface area contributed by atoms with Gasteiger partial charge in [0.15, 0.2) is 0 Å². The number of nitrogens with two attached hydrogens (primary N) is 1. The highest BCUT2D eigenvalue weighted by Crippen LogP contribution is 2.29. The molecule has 1 aromatic carbocycles. The summed E-state index contributed by atoms with van der Waals surface area (Å²) in [7, 11) is 0. The highest BCUT2D eigenvalue weighted by atomic mass is 79.9. The van der Waals surface area contributed by atoms with Gasteiger partial charge in [0.2, 0.25) is 0 Å². The molecule has 0 fully saturated rings. The molecule has 0 bridgehead atoms. The first-order valence-corrected chi connectivity index (χ1v) is 7.45. The number of rotatable bonds is 4. The maximum absolute atomic E-state index is 5.94. The van der Waals surface area contributed by atoms with Gasteiger partial charge in [0.25, 0.3) is 0 Å². The molecule has 0 saturated carbocycles. The first-order valence-electron chi connectivity index (χ1n) is 5.84. The number of pyridine rings is 1. The normalized spacial score (nSPS) is 12.4. The second kappa shape index (κ2) is 6.36. The van der Waals surface area contributed by atoms with Gasteiger partial charge in [0.05, 0.1) is 5.69 Å². The summed E-state index contributed by atoms with van der Waals surface area (Å²) in [6, 6.07) is 12.3. The molecule has 2 N–H and O–H groups in total. The first kappa shape index (κ1) is 13.6. The van der Waals surface area contributed by atoms with E-state index in [2.05, 4.69) is 46.0 Å². The van der Waals surface area contributed by atoms with Crippen molar-refractivity contribution in [3.8, 4) is 0 Å². The Balaban J connectivity index is 2.11. The summed E-state index contributed by atoms with van der Waals surface area (Å²) in [5.41, 5.74) is 6.90. The summed E-state index contributed by atoms with van der Waals surface area (Å²) in [5, 5.41) is 0. The first-order chi connectivity index (χ1) is 8.69. The fraction of sp³-hybridized carbons (Fsp3) is 0.214. The molecule has 0 spiro atoms. The molecule has 0 radical (unpaired) electrons. The molecule has 1 aromatic heterocycles. The van der Waals surface area contributed by atoms with Crippen molar-refractivity contribution in [1.82, 2.24) is 4.98 Å². The van der Waals surface area contributed by atoms with Crippen LogP contribution in [0.2, 0.25) is 0 Å². The van der Waals surface area contributed by atoms with Crippen LogP contribution >= 0.6 is 27.7 Å². The molecule has 0 saturated heterocycles. The van der Waals surface area contributed by atoms with E-state index in [1.807, 2.05) is 24.4 Å². The van der Waals surface area contributed by atoms with Crippen LogP contribution in [0.4, 0.5) is 0 Å². The lowest BCUT2D eigenvalue weighted by atomic mass is 10.1. The molecule has 2 aromatic rings. The molecule has 0 aliphatic carbocycles. The third kappa shape index (κ3) is 3.57. The van der Waals surface area contributed by atoms with Gasteiger partial charge >= 0.3 is 0 Å². The molecule has 1 atom stereocenters. The van der Waals surface area contributed by atoms with E-state index < -0.39 is 0 Å². The van der Waals surface area contributed by atoms with Crippen molar-refractivity contribution < 1.29 is 0 Å². The Labute approximate surface area is 120 Å². The standard InChI is InChI=1S/C14H15BrN2S/c1-2-13(16)14-7-6-12(9-17-14)18-11-5-3-4-10(15)8-11/h3-9,13H,2,16H2,1H3/t13-/m1/s1. The minimum absolute atomic E-state index is 0.0370. The zero-order valence-corrected chi connectivity index (χ0v) is 12.5. The van der Waals surface area contributed by atoms with Crippen LogP contribution in [0, 0.1) is 0 Å². The Hall–Kier alpha value is -0.840. The minimum Gasteiger partial charge on any atom is -0.323 e. The molecule has 94 valence electrons. The maximum Gasteiger partial charge on any atom is 0.0571 e. The number of hydrogen-bond acceptors (Lipinski definition) is 3. The quantitative estimate of drug-likeness (QED) is 0.906. The van der Waals surface area contributed by atoms with Crippen LogP contribution in [-0.2, 0) is 0 Å². The fourth-order valence-electron chi connectivity index (χ4n) is 1.55. The Morgan fingerprint density at radius 1 is 1.28 bits per heavy atom. The minimum atomic E-state index is 0.0370. The van der Waals surface area contributed by atoms with Gasteiger partial charge in [0, 0.05) is 26.5 Å². The van der Waals surface area contributed by atoms with E-state index in [-0.39, 0.29) is 6.04 Å². The Kier molecular flexibility index (Phi) is 4.80. The van der Waals surface area contributed by atoms with Gasteiger partial charge < -0.3 is 5.73 Å². The van der Waals surface area contributed by atoms with Crippen molar-refractivity contribution in [2.75, 3.05) is 0 Å². The van der Waals surface area contributed by atoms with Gasteiger partial charge in [-0.2, -0.15) is 0 Å². The van der Waals surface area contributed by atoms with E-state index in [0.717, 1.165) is 21.5 Å². The smallest absolute Gasteiger partial charge is 0.0571 e. The fourth-order valence-corrected chi connectivity index (χ4v) is 2.94. The van der Waals surface area contributed by atoms with Gasteiger partial charge in [-0.05, 0) is 36.8 Å². The Morgan fingerprint density at radius 2 is 2.11 bits per heavy atom. The molecular weight excluding hydrogens is 308 g/mol. The molecule has 2 rings (SSSR count). The summed E-state index contributed by atoms with van der Waals surface area (Å²) in [6.45, 7) is 2.07. The summed E-state index contributed by atoms with van der Waals surface area (Å²) in [5.74, 6) is 0. The zero-order valence-electron chi connectivity index (χ0n) is 10.1. The maximum atomic E-state index is 5.94. The third-order valence-electron chi connectivity index (χ3n) is 2.61. The predicted octanol–water partition coefficient (Wildman–Crippen LogP) is 4.41. The van der Waals surface area contributed by atoms with Crippen molar-refractivity contribution in [1.29, 1.82) is 0 Å². The monoisotopic (exact) mass is 322 g/mol. The van der Waals surface area contributed by atoms with E-state index in [4.69, 9.17) is 5.73 Å². The molecule has 0 aliphatic rings. The van der Waals surface area contributed by atoms with Crippen LogP contribution < -0.4 is 5.73 Å². The van der Waals surface area contributed by atoms with Crippen LogP contribution in [0.25, 0.3) is 0 Å². The van der Waals surface area contributed by atoms with Crippen LogP contribution in [-0.4, -0.2) is 4.98 Å². The van der Waals surface area contributed by atoms with Crippen LogP contribution in [0.5, 0.6) is 0 Å². The molecule has 18 heavy (non-hydrogen) atoms. The lowest BCUT2D eigenvalue weighted by Gasteiger charge is -2.08. The molecule has 0 unspecified atom stereocenters. The number of nitrogens with zero attached hydrogens (tertiary/aromatic N) is 1. The molecule has 0 amide bonds. The number of aromatic nitrogens is 1. The summed E-state index contributed by atoms with van der Waals surface area (Å²) in [6.07, 6.45) is 2.79. The van der Waals surface area contributed by atoms with E-state index in [1.165, 1.54) is 4.90 Å². The summed E-state index contributed by atoms with van der Waals surface area (Å²) >= 11 is 5.17. The zero-order chi connectivity index (χ0) is 13.0. The van der Waals surface area contributed by atoms with Gasteiger partial charge in [-0.25, -0.2) is 0 Å².